The van der Waals surface area contributed by atoms with Gasteiger partial charge in [-0.3, -0.25) is 9.52 Å². The van der Waals surface area contributed by atoms with Crippen molar-refractivity contribution in [1.82, 2.24) is 0 Å². The number of carbonyl (C=O) groups excluding carboxylic acids is 1. The number of rotatable bonds is 7. The summed E-state index contributed by atoms with van der Waals surface area (Å²) >= 11 is 0. The summed E-state index contributed by atoms with van der Waals surface area (Å²) in [6.45, 7) is 5.62. The third-order valence-electron chi connectivity index (χ3n) is 4.43. The summed E-state index contributed by atoms with van der Waals surface area (Å²) in [7, 11) is -3.71. The number of anilines is 2. The van der Waals surface area contributed by atoms with E-state index in [2.05, 4.69) is 10.0 Å². The van der Waals surface area contributed by atoms with Crippen molar-refractivity contribution in [2.75, 3.05) is 16.6 Å². The SMILES string of the molecule is Cc1cccc(NS(=O)(=O)c2ccc(OCC(=O)Nc3ccc(C)cc3C)cc2)c1. The van der Waals surface area contributed by atoms with Crippen LogP contribution in [0.15, 0.2) is 71.6 Å². The van der Waals surface area contributed by atoms with Crippen molar-refractivity contribution < 1.29 is 17.9 Å². The molecule has 0 spiro atoms. The first-order valence-corrected chi connectivity index (χ1v) is 10.9. The molecule has 0 aliphatic heterocycles. The minimum absolute atomic E-state index is 0.107. The van der Waals surface area contributed by atoms with E-state index < -0.39 is 10.0 Å². The van der Waals surface area contributed by atoms with Crippen LogP contribution in [-0.4, -0.2) is 20.9 Å². The van der Waals surface area contributed by atoms with Gasteiger partial charge in [-0.1, -0.05) is 29.8 Å². The van der Waals surface area contributed by atoms with E-state index in [1.807, 2.05) is 45.0 Å². The van der Waals surface area contributed by atoms with Crippen LogP contribution in [0.1, 0.15) is 16.7 Å². The number of carbonyl (C=O) groups is 1. The van der Waals surface area contributed by atoms with Crippen LogP contribution in [-0.2, 0) is 14.8 Å². The molecule has 7 heteroatoms. The lowest BCUT2D eigenvalue weighted by Gasteiger charge is -2.11. The Hall–Kier alpha value is -3.32. The van der Waals surface area contributed by atoms with Gasteiger partial charge in [0.05, 0.1) is 4.90 Å². The zero-order valence-electron chi connectivity index (χ0n) is 17.1. The fraction of sp³-hybridized carbons (Fsp3) is 0.174. The first-order valence-electron chi connectivity index (χ1n) is 9.42. The lowest BCUT2D eigenvalue weighted by atomic mass is 10.1. The van der Waals surface area contributed by atoms with Crippen LogP contribution < -0.4 is 14.8 Å². The molecule has 0 unspecified atom stereocenters. The van der Waals surface area contributed by atoms with Gasteiger partial charge in [0.15, 0.2) is 6.61 Å². The number of amides is 1. The number of ether oxygens (including phenoxy) is 1. The van der Waals surface area contributed by atoms with Gasteiger partial charge in [-0.15, -0.1) is 0 Å². The lowest BCUT2D eigenvalue weighted by molar-refractivity contribution is -0.118. The van der Waals surface area contributed by atoms with Crippen molar-refractivity contribution >= 4 is 27.3 Å². The molecule has 0 heterocycles. The Bertz CT molecular complexity index is 1160. The van der Waals surface area contributed by atoms with Crippen LogP contribution in [0.3, 0.4) is 0 Å². The molecule has 3 rings (SSSR count). The molecule has 156 valence electrons. The molecule has 0 aliphatic carbocycles. The molecule has 0 fully saturated rings. The second-order valence-corrected chi connectivity index (χ2v) is 8.78. The average molecular weight is 425 g/mol. The fourth-order valence-electron chi connectivity index (χ4n) is 2.93. The molecular weight excluding hydrogens is 400 g/mol. The molecule has 30 heavy (non-hydrogen) atoms. The van der Waals surface area contributed by atoms with E-state index in [1.54, 1.807) is 18.2 Å². The molecule has 3 aromatic carbocycles. The molecule has 6 nitrogen and oxygen atoms in total. The number of hydrogen-bond acceptors (Lipinski definition) is 4. The van der Waals surface area contributed by atoms with Gasteiger partial charge < -0.3 is 10.1 Å². The first kappa shape index (κ1) is 21.4. The quantitative estimate of drug-likeness (QED) is 0.588. The smallest absolute Gasteiger partial charge is 0.262 e. The number of benzene rings is 3. The predicted molar refractivity (Wildman–Crippen MR) is 118 cm³/mol. The molecule has 1 amide bonds. The van der Waals surface area contributed by atoms with E-state index in [4.69, 9.17) is 4.74 Å². The normalized spacial score (nSPS) is 11.0. The van der Waals surface area contributed by atoms with Gasteiger partial charge in [0.25, 0.3) is 15.9 Å². The Morgan fingerprint density at radius 1 is 0.900 bits per heavy atom. The average Bonchev–Trinajstić information content (AvgIpc) is 2.68. The maximum Gasteiger partial charge on any atom is 0.262 e. The third-order valence-corrected chi connectivity index (χ3v) is 5.83. The van der Waals surface area contributed by atoms with Crippen LogP contribution in [0.2, 0.25) is 0 Å². The number of sulfonamides is 1. The highest BCUT2D eigenvalue weighted by molar-refractivity contribution is 7.92. The highest BCUT2D eigenvalue weighted by Gasteiger charge is 2.14. The molecule has 0 atom stereocenters. The molecule has 0 radical (unpaired) electrons. The number of hydrogen-bond donors (Lipinski definition) is 2. The van der Waals surface area contributed by atoms with Crippen molar-refractivity contribution in [3.8, 4) is 5.75 Å². The van der Waals surface area contributed by atoms with Crippen LogP contribution >= 0.6 is 0 Å². The maximum absolute atomic E-state index is 12.5. The zero-order valence-corrected chi connectivity index (χ0v) is 17.9. The van der Waals surface area contributed by atoms with E-state index in [-0.39, 0.29) is 17.4 Å². The summed E-state index contributed by atoms with van der Waals surface area (Å²) in [6, 6.07) is 18.8. The first-order chi connectivity index (χ1) is 14.2. The van der Waals surface area contributed by atoms with Gasteiger partial charge in [-0.25, -0.2) is 8.42 Å². The minimum atomic E-state index is -3.71. The van der Waals surface area contributed by atoms with Gasteiger partial charge in [0, 0.05) is 11.4 Å². The van der Waals surface area contributed by atoms with Crippen molar-refractivity contribution in [2.24, 2.45) is 0 Å². The molecule has 2 N–H and O–H groups in total. The monoisotopic (exact) mass is 424 g/mol. The van der Waals surface area contributed by atoms with Crippen LogP contribution in [0.4, 0.5) is 11.4 Å². The highest BCUT2D eigenvalue weighted by atomic mass is 32.2. The van der Waals surface area contributed by atoms with E-state index >= 15 is 0 Å². The van der Waals surface area contributed by atoms with Gasteiger partial charge in [0.1, 0.15) is 5.75 Å². The Balaban J connectivity index is 1.59. The number of aryl methyl sites for hydroxylation is 3. The largest absolute Gasteiger partial charge is 0.484 e. The summed E-state index contributed by atoms with van der Waals surface area (Å²) in [5.74, 6) is 0.111. The van der Waals surface area contributed by atoms with E-state index in [0.29, 0.717) is 11.4 Å². The predicted octanol–water partition coefficient (Wildman–Crippen LogP) is 4.43. The zero-order chi connectivity index (χ0) is 21.7. The Morgan fingerprint density at radius 3 is 2.27 bits per heavy atom. The fourth-order valence-corrected chi connectivity index (χ4v) is 3.98. The molecule has 0 saturated heterocycles. The molecule has 0 saturated carbocycles. The van der Waals surface area contributed by atoms with Crippen molar-refractivity contribution in [3.63, 3.8) is 0 Å². The molecule has 0 bridgehead atoms. The standard InChI is InChI=1S/C23H24N2O4S/c1-16-5-4-6-19(14-16)25-30(27,28)21-10-8-20(9-11-21)29-15-23(26)24-22-12-7-17(2)13-18(22)3/h4-14,25H,15H2,1-3H3,(H,24,26). The van der Waals surface area contributed by atoms with Crippen molar-refractivity contribution in [2.45, 2.75) is 25.7 Å². The Labute approximate surface area is 177 Å². The third kappa shape index (κ3) is 5.61. The number of nitrogens with one attached hydrogen (secondary N) is 2. The van der Waals surface area contributed by atoms with E-state index in [1.165, 1.54) is 24.3 Å². The van der Waals surface area contributed by atoms with Gasteiger partial charge in [-0.05, 0) is 74.4 Å². The molecule has 0 aliphatic rings. The summed E-state index contributed by atoms with van der Waals surface area (Å²) in [4.78, 5) is 12.2. The molecule has 3 aromatic rings. The topological polar surface area (TPSA) is 84.5 Å². The van der Waals surface area contributed by atoms with Crippen molar-refractivity contribution in [1.29, 1.82) is 0 Å². The van der Waals surface area contributed by atoms with Crippen LogP contribution in [0, 0.1) is 20.8 Å². The lowest BCUT2D eigenvalue weighted by Crippen LogP contribution is -2.20. The molecular formula is C23H24N2O4S. The van der Waals surface area contributed by atoms with Gasteiger partial charge >= 0.3 is 0 Å². The second kappa shape index (κ2) is 9.00. The summed E-state index contributed by atoms with van der Waals surface area (Å²) < 4.78 is 33.1. The van der Waals surface area contributed by atoms with Crippen LogP contribution in [0.5, 0.6) is 5.75 Å². The Morgan fingerprint density at radius 2 is 1.60 bits per heavy atom. The maximum atomic E-state index is 12.5. The summed E-state index contributed by atoms with van der Waals surface area (Å²) in [6.07, 6.45) is 0. The second-order valence-electron chi connectivity index (χ2n) is 7.10. The highest BCUT2D eigenvalue weighted by Crippen LogP contribution is 2.20. The van der Waals surface area contributed by atoms with E-state index in [0.717, 1.165) is 22.4 Å². The van der Waals surface area contributed by atoms with Crippen LogP contribution in [0.25, 0.3) is 0 Å². The van der Waals surface area contributed by atoms with Gasteiger partial charge in [0.2, 0.25) is 0 Å². The molecule has 0 aromatic heterocycles. The summed E-state index contributed by atoms with van der Waals surface area (Å²) in [5.41, 5.74) is 4.28. The van der Waals surface area contributed by atoms with Crippen molar-refractivity contribution in [3.05, 3.63) is 83.4 Å². The summed E-state index contributed by atoms with van der Waals surface area (Å²) in [5, 5.41) is 2.81. The van der Waals surface area contributed by atoms with Gasteiger partial charge in [-0.2, -0.15) is 0 Å². The minimum Gasteiger partial charge on any atom is -0.484 e. The Kier molecular flexibility index (Phi) is 6.42. The van der Waals surface area contributed by atoms with E-state index in [9.17, 15) is 13.2 Å².